The minimum absolute atomic E-state index is 0.466. The molecular formula is C5H12BO7P. The van der Waals surface area contributed by atoms with Crippen molar-refractivity contribution in [1.82, 2.24) is 0 Å². The summed E-state index contributed by atoms with van der Waals surface area (Å²) in [6.45, 7) is -0.466. The summed E-state index contributed by atoms with van der Waals surface area (Å²) in [5.74, 6) is 0. The lowest BCUT2D eigenvalue weighted by atomic mass is 9.93. The van der Waals surface area contributed by atoms with Crippen LogP contribution in [0.5, 0.6) is 0 Å². The van der Waals surface area contributed by atoms with Crippen molar-refractivity contribution < 1.29 is 33.8 Å². The Balaban J connectivity index is 2.69. The monoisotopic (exact) mass is 226 g/mol. The van der Waals surface area contributed by atoms with E-state index in [0.29, 0.717) is 0 Å². The number of hydrogen-bond acceptors (Lipinski definition) is 5. The summed E-state index contributed by atoms with van der Waals surface area (Å²) in [5, 5.41) is 18.2. The molecule has 0 aromatic heterocycles. The molecule has 0 bridgehead atoms. The molecule has 1 rings (SSSR count). The van der Waals surface area contributed by atoms with Gasteiger partial charge in [0.05, 0.1) is 12.6 Å². The molecule has 14 heavy (non-hydrogen) atoms. The Kier molecular flexibility index (Phi) is 3.71. The van der Waals surface area contributed by atoms with Gasteiger partial charge < -0.3 is 24.7 Å². The average molecular weight is 226 g/mol. The Bertz CT molecular complexity index is 242. The van der Waals surface area contributed by atoms with Gasteiger partial charge in [-0.1, -0.05) is 0 Å². The van der Waals surface area contributed by atoms with Gasteiger partial charge in [-0.25, -0.2) is 4.57 Å². The average Bonchev–Trinajstić information content (AvgIpc) is 2.30. The van der Waals surface area contributed by atoms with E-state index in [1.165, 1.54) is 7.85 Å². The summed E-state index contributed by atoms with van der Waals surface area (Å²) in [4.78, 5) is 17.1. The molecule has 0 radical (unpaired) electrons. The lowest BCUT2D eigenvalue weighted by molar-refractivity contribution is -0.00875. The van der Waals surface area contributed by atoms with Crippen LogP contribution < -0.4 is 0 Å². The second-order valence-corrected chi connectivity index (χ2v) is 4.31. The van der Waals surface area contributed by atoms with Crippen molar-refractivity contribution in [3.63, 3.8) is 0 Å². The standard InChI is InChI=1S/C5H12BO7P/c6-5-3(8)4(2(1-7)12-5)13-14(9,10)11/h2-5,7-8H,1,6H2,(H2,9,10,11)/t2-,3?,4?,5-/m1/s1. The molecule has 0 saturated carbocycles. The van der Waals surface area contributed by atoms with Crippen LogP contribution in [0.25, 0.3) is 0 Å². The largest absolute Gasteiger partial charge is 0.470 e. The van der Waals surface area contributed by atoms with E-state index in [2.05, 4.69) is 4.52 Å². The van der Waals surface area contributed by atoms with E-state index in [-0.39, 0.29) is 0 Å². The fourth-order valence-electron chi connectivity index (χ4n) is 1.36. The number of hydrogen-bond donors (Lipinski definition) is 4. The van der Waals surface area contributed by atoms with Gasteiger partial charge in [-0.3, -0.25) is 4.52 Å². The highest BCUT2D eigenvalue weighted by Gasteiger charge is 2.44. The number of aliphatic hydroxyl groups is 2. The Morgan fingerprint density at radius 3 is 2.50 bits per heavy atom. The van der Waals surface area contributed by atoms with Crippen molar-refractivity contribution in [2.45, 2.75) is 24.3 Å². The molecule has 0 spiro atoms. The summed E-state index contributed by atoms with van der Waals surface area (Å²) in [6, 6.07) is -0.622. The summed E-state index contributed by atoms with van der Waals surface area (Å²) in [5.41, 5.74) is 0. The van der Waals surface area contributed by atoms with Crippen LogP contribution >= 0.6 is 7.82 Å². The van der Waals surface area contributed by atoms with Crippen molar-refractivity contribution >= 4 is 15.7 Å². The number of phosphoric acid groups is 1. The molecule has 1 saturated heterocycles. The Morgan fingerprint density at radius 2 is 2.07 bits per heavy atom. The third kappa shape index (κ3) is 2.77. The molecular weight excluding hydrogens is 214 g/mol. The molecule has 2 unspecified atom stereocenters. The first kappa shape index (κ1) is 12.1. The van der Waals surface area contributed by atoms with E-state index in [1.54, 1.807) is 0 Å². The molecule has 0 aromatic carbocycles. The van der Waals surface area contributed by atoms with Gasteiger partial charge in [0.1, 0.15) is 26.2 Å². The van der Waals surface area contributed by atoms with E-state index < -0.39 is 38.7 Å². The quantitative estimate of drug-likeness (QED) is 0.302. The first-order valence-electron chi connectivity index (χ1n) is 4.03. The van der Waals surface area contributed by atoms with Crippen LogP contribution in [-0.4, -0.2) is 58.8 Å². The Morgan fingerprint density at radius 1 is 1.50 bits per heavy atom. The topological polar surface area (TPSA) is 116 Å². The molecule has 4 atom stereocenters. The molecule has 4 N–H and O–H groups in total. The summed E-state index contributed by atoms with van der Waals surface area (Å²) >= 11 is 0. The van der Waals surface area contributed by atoms with Crippen LogP contribution in [-0.2, 0) is 13.8 Å². The molecule has 0 aromatic rings. The number of aliphatic hydroxyl groups excluding tert-OH is 2. The normalized spacial score (nSPS) is 38.9. The van der Waals surface area contributed by atoms with E-state index >= 15 is 0 Å². The third-order valence-corrected chi connectivity index (χ3v) is 2.53. The first-order valence-corrected chi connectivity index (χ1v) is 5.56. The Labute approximate surface area is 81.3 Å². The SMILES string of the molecule is B[C@@H]1O[C@H](CO)C(OP(=O)(O)O)C1O. The van der Waals surface area contributed by atoms with Gasteiger partial charge in [0.2, 0.25) is 0 Å². The molecule has 7 nitrogen and oxygen atoms in total. The van der Waals surface area contributed by atoms with Crippen LogP contribution in [0.15, 0.2) is 0 Å². The van der Waals surface area contributed by atoms with Gasteiger partial charge in [0, 0.05) is 0 Å². The highest BCUT2D eigenvalue weighted by Crippen LogP contribution is 2.41. The molecule has 1 aliphatic heterocycles. The van der Waals surface area contributed by atoms with Gasteiger partial charge in [-0.15, -0.1) is 0 Å². The zero-order valence-electron chi connectivity index (χ0n) is 7.48. The maximum absolute atomic E-state index is 10.5. The maximum Gasteiger partial charge on any atom is 0.470 e. The van der Waals surface area contributed by atoms with Gasteiger partial charge in [0.25, 0.3) is 0 Å². The lowest BCUT2D eigenvalue weighted by Crippen LogP contribution is -2.36. The maximum atomic E-state index is 10.5. The van der Waals surface area contributed by atoms with E-state index in [9.17, 15) is 9.67 Å². The third-order valence-electron chi connectivity index (χ3n) is 2.01. The molecule has 1 heterocycles. The van der Waals surface area contributed by atoms with Gasteiger partial charge in [-0.2, -0.15) is 0 Å². The number of ether oxygens (including phenoxy) is 1. The zero-order valence-corrected chi connectivity index (χ0v) is 8.37. The van der Waals surface area contributed by atoms with Crippen LogP contribution in [0.3, 0.4) is 0 Å². The molecule has 82 valence electrons. The number of phosphoric ester groups is 1. The molecule has 9 heteroatoms. The molecule has 1 aliphatic rings. The Hall–Kier alpha value is 0.0549. The zero-order chi connectivity index (χ0) is 10.9. The highest BCUT2D eigenvalue weighted by molar-refractivity contribution is 7.46. The van der Waals surface area contributed by atoms with Crippen LogP contribution in [0.2, 0.25) is 0 Å². The first-order chi connectivity index (χ1) is 6.35. The van der Waals surface area contributed by atoms with Crippen molar-refractivity contribution in [3.8, 4) is 0 Å². The predicted molar refractivity (Wildman–Crippen MR) is 47.2 cm³/mol. The molecule has 1 fully saturated rings. The highest BCUT2D eigenvalue weighted by atomic mass is 31.2. The smallest absolute Gasteiger partial charge is 0.394 e. The van der Waals surface area contributed by atoms with Gasteiger partial charge >= 0.3 is 7.82 Å². The second kappa shape index (κ2) is 4.28. The van der Waals surface area contributed by atoms with Crippen molar-refractivity contribution in [3.05, 3.63) is 0 Å². The second-order valence-electron chi connectivity index (χ2n) is 3.11. The van der Waals surface area contributed by atoms with Crippen LogP contribution in [0.1, 0.15) is 0 Å². The molecule has 0 aliphatic carbocycles. The van der Waals surface area contributed by atoms with E-state index in [4.69, 9.17) is 19.6 Å². The summed E-state index contributed by atoms with van der Waals surface area (Å²) in [6.07, 6.45) is -3.26. The van der Waals surface area contributed by atoms with E-state index in [1.807, 2.05) is 0 Å². The van der Waals surface area contributed by atoms with Crippen molar-refractivity contribution in [2.75, 3.05) is 6.61 Å². The van der Waals surface area contributed by atoms with Crippen LogP contribution in [0, 0.1) is 0 Å². The number of rotatable bonds is 3. The minimum Gasteiger partial charge on any atom is -0.394 e. The lowest BCUT2D eigenvalue weighted by Gasteiger charge is -2.19. The fourth-order valence-corrected chi connectivity index (χ4v) is 1.93. The van der Waals surface area contributed by atoms with E-state index in [0.717, 1.165) is 0 Å². The van der Waals surface area contributed by atoms with Gasteiger partial charge in [0.15, 0.2) is 0 Å². The fraction of sp³-hybridized carbons (Fsp3) is 1.00. The summed E-state index contributed by atoms with van der Waals surface area (Å²) in [7, 11) is -3.16. The van der Waals surface area contributed by atoms with Crippen LogP contribution in [0.4, 0.5) is 0 Å². The summed E-state index contributed by atoms with van der Waals surface area (Å²) < 4.78 is 19.9. The predicted octanol–water partition coefficient (Wildman–Crippen LogP) is -2.82. The minimum atomic E-state index is -4.68. The van der Waals surface area contributed by atoms with Gasteiger partial charge in [-0.05, 0) is 0 Å². The van der Waals surface area contributed by atoms with Crippen molar-refractivity contribution in [1.29, 1.82) is 0 Å². The molecule has 0 amide bonds. The van der Waals surface area contributed by atoms with Crippen molar-refractivity contribution in [2.24, 2.45) is 0 Å².